The van der Waals surface area contributed by atoms with E-state index in [9.17, 15) is 0 Å². The minimum atomic E-state index is 0.688. The molecular weight excluding hydrogens is 212 g/mol. The highest BCUT2D eigenvalue weighted by atomic mass is 15.3. The topological polar surface area (TPSA) is 21.8 Å². The molecule has 2 heterocycles. The summed E-state index contributed by atoms with van der Waals surface area (Å²) in [5, 5.41) is 3.50. The predicted octanol–water partition coefficient (Wildman–Crippen LogP) is -0.0840. The van der Waals surface area contributed by atoms with Crippen molar-refractivity contribution in [2.24, 2.45) is 0 Å². The van der Waals surface area contributed by atoms with Gasteiger partial charge < -0.3 is 15.1 Å². The van der Waals surface area contributed by atoms with E-state index in [0.29, 0.717) is 6.04 Å². The smallest absolute Gasteiger partial charge is 0.0345 e. The average Bonchev–Trinajstić information content (AvgIpc) is 2.33. The third kappa shape index (κ3) is 3.65. The molecule has 2 aliphatic rings. The van der Waals surface area contributed by atoms with Crippen LogP contribution in [0.25, 0.3) is 0 Å². The van der Waals surface area contributed by atoms with Crippen LogP contribution in [0.15, 0.2) is 0 Å². The van der Waals surface area contributed by atoms with Crippen LogP contribution in [0.4, 0.5) is 0 Å². The van der Waals surface area contributed by atoms with Gasteiger partial charge in [-0.3, -0.25) is 4.90 Å². The van der Waals surface area contributed by atoms with E-state index in [1.165, 1.54) is 39.0 Å². The quantitative estimate of drug-likeness (QED) is 0.744. The maximum Gasteiger partial charge on any atom is 0.0345 e. The number of nitrogens with one attached hydrogen (secondary N) is 1. The lowest BCUT2D eigenvalue weighted by Crippen LogP contribution is -2.55. The monoisotopic (exact) mass is 240 g/mol. The molecule has 0 bridgehead atoms. The van der Waals surface area contributed by atoms with Crippen LogP contribution >= 0.6 is 0 Å². The van der Waals surface area contributed by atoms with Crippen molar-refractivity contribution in [3.05, 3.63) is 0 Å². The molecule has 2 fully saturated rings. The second-order valence-corrected chi connectivity index (χ2v) is 5.81. The molecule has 4 heteroatoms. The lowest BCUT2D eigenvalue weighted by molar-refractivity contribution is 0.0973. The summed E-state index contributed by atoms with van der Waals surface area (Å²) in [4.78, 5) is 7.53. The highest BCUT2D eigenvalue weighted by Gasteiger charge is 2.25. The van der Waals surface area contributed by atoms with Crippen LogP contribution in [0.5, 0.6) is 0 Å². The first kappa shape index (κ1) is 13.3. The lowest BCUT2D eigenvalue weighted by Gasteiger charge is -2.40. The lowest BCUT2D eigenvalue weighted by atomic mass is 10.0. The van der Waals surface area contributed by atoms with Gasteiger partial charge in [-0.25, -0.2) is 0 Å². The number of rotatable bonds is 3. The van der Waals surface area contributed by atoms with Crippen LogP contribution in [0.1, 0.15) is 12.8 Å². The van der Waals surface area contributed by atoms with Crippen LogP contribution in [0.3, 0.4) is 0 Å². The van der Waals surface area contributed by atoms with Crippen LogP contribution in [0, 0.1) is 0 Å². The van der Waals surface area contributed by atoms with Crippen LogP contribution in [-0.4, -0.2) is 87.2 Å². The molecule has 0 spiro atoms. The summed E-state index contributed by atoms with van der Waals surface area (Å²) in [6.07, 6.45) is 2.66. The predicted molar refractivity (Wildman–Crippen MR) is 72.4 cm³/mol. The normalized spacial score (nSPS) is 30.0. The van der Waals surface area contributed by atoms with Crippen molar-refractivity contribution >= 4 is 0 Å². The SMILES string of the molecule is CN1CCC(N(C)CC2CNCCN2C)CC1. The Kier molecular flexibility index (Phi) is 4.79. The summed E-state index contributed by atoms with van der Waals surface area (Å²) >= 11 is 0. The van der Waals surface area contributed by atoms with E-state index in [-0.39, 0.29) is 0 Å². The summed E-state index contributed by atoms with van der Waals surface area (Å²) in [5.74, 6) is 0. The Bertz CT molecular complexity index is 225. The van der Waals surface area contributed by atoms with E-state index in [0.717, 1.165) is 19.1 Å². The molecule has 0 radical (unpaired) electrons. The molecule has 1 unspecified atom stereocenters. The summed E-state index contributed by atoms with van der Waals surface area (Å²) in [6, 6.07) is 1.48. The number of piperazine rings is 1. The number of likely N-dealkylation sites (tertiary alicyclic amines) is 1. The van der Waals surface area contributed by atoms with Gasteiger partial charge in [0.25, 0.3) is 0 Å². The van der Waals surface area contributed by atoms with Crippen LogP contribution in [-0.2, 0) is 0 Å². The highest BCUT2D eigenvalue weighted by molar-refractivity contribution is 4.83. The Labute approximate surface area is 106 Å². The van der Waals surface area contributed by atoms with Crippen molar-refractivity contribution in [1.82, 2.24) is 20.0 Å². The third-order valence-electron chi connectivity index (χ3n) is 4.45. The molecule has 100 valence electrons. The maximum absolute atomic E-state index is 3.50. The van der Waals surface area contributed by atoms with Gasteiger partial charge in [-0.15, -0.1) is 0 Å². The van der Waals surface area contributed by atoms with Gasteiger partial charge in [0, 0.05) is 38.3 Å². The molecule has 0 aromatic heterocycles. The number of likely N-dealkylation sites (N-methyl/N-ethyl adjacent to an activating group) is 2. The second kappa shape index (κ2) is 6.14. The van der Waals surface area contributed by atoms with Crippen molar-refractivity contribution in [2.75, 3.05) is 60.4 Å². The standard InChI is InChI=1S/C13H28N4/c1-15-7-4-12(5-8-15)17(3)11-13-10-14-6-9-16(13)2/h12-14H,4-11H2,1-3H3. The Morgan fingerprint density at radius 2 is 1.88 bits per heavy atom. The maximum atomic E-state index is 3.50. The first-order chi connectivity index (χ1) is 8.16. The molecule has 0 aromatic carbocycles. The minimum absolute atomic E-state index is 0.688. The summed E-state index contributed by atoms with van der Waals surface area (Å²) in [5.41, 5.74) is 0. The summed E-state index contributed by atoms with van der Waals surface area (Å²) in [7, 11) is 6.79. The largest absolute Gasteiger partial charge is 0.314 e. The van der Waals surface area contributed by atoms with E-state index < -0.39 is 0 Å². The molecule has 2 aliphatic heterocycles. The van der Waals surface area contributed by atoms with Crippen molar-refractivity contribution in [3.63, 3.8) is 0 Å². The van der Waals surface area contributed by atoms with E-state index >= 15 is 0 Å². The molecule has 0 saturated carbocycles. The first-order valence-electron chi connectivity index (χ1n) is 6.96. The van der Waals surface area contributed by atoms with Gasteiger partial charge in [0.15, 0.2) is 0 Å². The minimum Gasteiger partial charge on any atom is -0.314 e. The van der Waals surface area contributed by atoms with E-state index in [4.69, 9.17) is 0 Å². The molecular formula is C13H28N4. The van der Waals surface area contributed by atoms with Gasteiger partial charge in [-0.1, -0.05) is 0 Å². The molecule has 1 N–H and O–H groups in total. The van der Waals surface area contributed by atoms with Gasteiger partial charge in [0.1, 0.15) is 0 Å². The van der Waals surface area contributed by atoms with Crippen LogP contribution in [0.2, 0.25) is 0 Å². The Morgan fingerprint density at radius 3 is 2.53 bits per heavy atom. The number of hydrogen-bond acceptors (Lipinski definition) is 4. The fourth-order valence-corrected chi connectivity index (χ4v) is 2.98. The summed E-state index contributed by atoms with van der Waals surface area (Å²) in [6.45, 7) is 7.20. The van der Waals surface area contributed by atoms with Gasteiger partial charge in [-0.05, 0) is 47.1 Å². The molecule has 2 rings (SSSR count). The number of piperidine rings is 1. The summed E-state index contributed by atoms with van der Waals surface area (Å²) < 4.78 is 0. The van der Waals surface area contributed by atoms with Gasteiger partial charge in [-0.2, -0.15) is 0 Å². The third-order valence-corrected chi connectivity index (χ3v) is 4.45. The van der Waals surface area contributed by atoms with Gasteiger partial charge in [0.2, 0.25) is 0 Å². The fraction of sp³-hybridized carbons (Fsp3) is 1.00. The molecule has 0 amide bonds. The number of hydrogen-bond donors (Lipinski definition) is 1. The zero-order valence-corrected chi connectivity index (χ0v) is 11.7. The second-order valence-electron chi connectivity index (χ2n) is 5.81. The van der Waals surface area contributed by atoms with Crippen molar-refractivity contribution in [3.8, 4) is 0 Å². The van der Waals surface area contributed by atoms with E-state index in [2.05, 4.69) is 41.2 Å². The van der Waals surface area contributed by atoms with Gasteiger partial charge >= 0.3 is 0 Å². The van der Waals surface area contributed by atoms with Crippen LogP contribution < -0.4 is 5.32 Å². The first-order valence-corrected chi connectivity index (χ1v) is 6.96. The molecule has 0 aromatic rings. The zero-order valence-electron chi connectivity index (χ0n) is 11.7. The van der Waals surface area contributed by atoms with E-state index in [1.807, 2.05) is 0 Å². The van der Waals surface area contributed by atoms with Crippen molar-refractivity contribution in [1.29, 1.82) is 0 Å². The van der Waals surface area contributed by atoms with Gasteiger partial charge in [0.05, 0.1) is 0 Å². The highest BCUT2D eigenvalue weighted by Crippen LogP contribution is 2.15. The Morgan fingerprint density at radius 1 is 1.18 bits per heavy atom. The molecule has 17 heavy (non-hydrogen) atoms. The molecule has 4 nitrogen and oxygen atoms in total. The zero-order chi connectivity index (χ0) is 12.3. The average molecular weight is 240 g/mol. The Hall–Kier alpha value is -0.160. The fourth-order valence-electron chi connectivity index (χ4n) is 2.98. The number of nitrogens with zero attached hydrogens (tertiary/aromatic N) is 3. The van der Waals surface area contributed by atoms with Crippen molar-refractivity contribution < 1.29 is 0 Å². The van der Waals surface area contributed by atoms with E-state index in [1.54, 1.807) is 0 Å². The molecule has 1 atom stereocenters. The van der Waals surface area contributed by atoms with Crippen molar-refractivity contribution in [2.45, 2.75) is 24.9 Å². The molecule has 0 aliphatic carbocycles. The Balaban J connectivity index is 1.77. The molecule has 2 saturated heterocycles.